The Hall–Kier alpha value is -2.67. The summed E-state index contributed by atoms with van der Waals surface area (Å²) >= 11 is 5.27. The molecule has 0 unspecified atom stereocenters. The highest BCUT2D eigenvalue weighted by molar-refractivity contribution is 7.89. The summed E-state index contributed by atoms with van der Waals surface area (Å²) in [7, 11) is -3.52. The number of sulfonamides is 1. The molecule has 1 aliphatic rings. The first-order valence-corrected chi connectivity index (χ1v) is 11.9. The van der Waals surface area contributed by atoms with Crippen LogP contribution in [0.25, 0.3) is 0 Å². The Balaban J connectivity index is 1.55. The van der Waals surface area contributed by atoms with E-state index >= 15 is 0 Å². The number of nitrogens with one attached hydrogen (secondary N) is 2. The summed E-state index contributed by atoms with van der Waals surface area (Å²) in [5, 5.41) is 6.17. The van der Waals surface area contributed by atoms with Gasteiger partial charge in [0.1, 0.15) is 0 Å². The number of thiocarbonyl (C=S) groups is 1. The van der Waals surface area contributed by atoms with Crippen LogP contribution in [0.4, 0.5) is 5.95 Å². The molecule has 2 heterocycles. The highest BCUT2D eigenvalue weighted by atomic mass is 32.2. The van der Waals surface area contributed by atoms with Gasteiger partial charge in [-0.1, -0.05) is 12.1 Å². The summed E-state index contributed by atoms with van der Waals surface area (Å²) in [5.74, 6) is -0.226. The van der Waals surface area contributed by atoms with E-state index in [1.807, 2.05) is 0 Å². The van der Waals surface area contributed by atoms with Gasteiger partial charge in [0.05, 0.1) is 36.0 Å². The van der Waals surface area contributed by atoms with Crippen molar-refractivity contribution >= 4 is 39.3 Å². The van der Waals surface area contributed by atoms with Crippen LogP contribution < -0.4 is 10.6 Å². The lowest BCUT2D eigenvalue weighted by Gasteiger charge is -2.26. The average molecular weight is 480 g/mol. The fourth-order valence-electron chi connectivity index (χ4n) is 2.98. The maximum absolute atomic E-state index is 12.7. The number of esters is 1. The van der Waals surface area contributed by atoms with Crippen molar-refractivity contribution in [2.75, 3.05) is 38.2 Å². The Bertz CT molecular complexity index is 1070. The number of ether oxygens (including phenoxy) is 2. The molecule has 1 aromatic heterocycles. The number of hydrogen-bond donors (Lipinski definition) is 2. The molecule has 1 fully saturated rings. The zero-order valence-corrected chi connectivity index (χ0v) is 19.5. The summed E-state index contributed by atoms with van der Waals surface area (Å²) in [6, 6.07) is 6.63. The first kappa shape index (κ1) is 24.0. The molecule has 0 spiro atoms. The first-order valence-electron chi connectivity index (χ1n) is 10.0. The quantitative estimate of drug-likeness (QED) is 0.446. The van der Waals surface area contributed by atoms with E-state index < -0.39 is 16.0 Å². The predicted molar refractivity (Wildman–Crippen MR) is 122 cm³/mol. The van der Waals surface area contributed by atoms with Crippen molar-refractivity contribution < 1.29 is 22.7 Å². The molecule has 172 valence electrons. The summed E-state index contributed by atoms with van der Waals surface area (Å²) in [6.45, 7) is 5.57. The third kappa shape index (κ3) is 5.97. The number of hydrogen-bond acceptors (Lipinski definition) is 8. The Morgan fingerprint density at radius 1 is 1.25 bits per heavy atom. The molecule has 1 aliphatic heterocycles. The minimum absolute atomic E-state index is 0.245. The first-order chi connectivity index (χ1) is 15.3. The maximum atomic E-state index is 12.7. The molecule has 10 nitrogen and oxygen atoms in total. The van der Waals surface area contributed by atoms with E-state index in [1.165, 1.54) is 10.5 Å². The van der Waals surface area contributed by atoms with Gasteiger partial charge in [0.2, 0.25) is 16.0 Å². The van der Waals surface area contributed by atoms with E-state index in [9.17, 15) is 13.2 Å². The van der Waals surface area contributed by atoms with Gasteiger partial charge in [-0.25, -0.2) is 23.2 Å². The van der Waals surface area contributed by atoms with Gasteiger partial charge < -0.3 is 20.1 Å². The summed E-state index contributed by atoms with van der Waals surface area (Å²) in [4.78, 5) is 20.4. The van der Waals surface area contributed by atoms with Crippen LogP contribution in [-0.2, 0) is 26.0 Å². The Kier molecular flexibility index (Phi) is 8.07. The van der Waals surface area contributed by atoms with Gasteiger partial charge in [-0.05, 0) is 43.8 Å². The number of carbonyl (C=O) groups is 1. The molecule has 0 saturated carbocycles. The Morgan fingerprint density at radius 2 is 1.94 bits per heavy atom. The topological polar surface area (TPSA) is 123 Å². The van der Waals surface area contributed by atoms with Crippen molar-refractivity contribution in [3.8, 4) is 0 Å². The van der Waals surface area contributed by atoms with Gasteiger partial charge in [0, 0.05) is 25.8 Å². The number of morpholine rings is 1. The number of aryl methyl sites for hydroxylation is 1. The molecule has 12 heteroatoms. The fourth-order valence-corrected chi connectivity index (χ4v) is 4.55. The summed E-state index contributed by atoms with van der Waals surface area (Å²) < 4.78 is 37.0. The second-order valence-corrected chi connectivity index (χ2v) is 9.23. The van der Waals surface area contributed by atoms with Gasteiger partial charge in [-0.15, -0.1) is 0 Å². The Labute approximate surface area is 192 Å². The molecule has 1 saturated heterocycles. The Morgan fingerprint density at radius 3 is 2.56 bits per heavy atom. The van der Waals surface area contributed by atoms with Crippen LogP contribution in [0, 0.1) is 6.92 Å². The maximum Gasteiger partial charge on any atom is 0.341 e. The van der Waals surface area contributed by atoms with Gasteiger partial charge in [0.15, 0.2) is 5.11 Å². The lowest BCUT2D eigenvalue weighted by molar-refractivity contribution is 0.0524. The van der Waals surface area contributed by atoms with Crippen molar-refractivity contribution in [3.05, 3.63) is 47.3 Å². The number of carbonyl (C=O) groups excluding carboxylic acids is 1. The molecule has 0 atom stereocenters. The standard InChI is InChI=1S/C20H25N5O5S2/c1-3-30-18(26)17-13-21-19(23-14(17)2)24-20(31)22-12-15-4-6-16(7-5-15)32(27,28)25-8-10-29-11-9-25/h4-7,13H,3,8-12H2,1-2H3,(H2,21,22,23,24,31). The molecule has 1 aromatic carbocycles. The highest BCUT2D eigenvalue weighted by Crippen LogP contribution is 2.17. The number of rotatable bonds is 7. The second-order valence-electron chi connectivity index (χ2n) is 6.88. The third-order valence-electron chi connectivity index (χ3n) is 4.68. The van der Waals surface area contributed by atoms with Crippen LogP contribution >= 0.6 is 12.2 Å². The predicted octanol–water partition coefficient (Wildman–Crippen LogP) is 1.47. The summed E-state index contributed by atoms with van der Waals surface area (Å²) in [6.07, 6.45) is 1.39. The van der Waals surface area contributed by atoms with Gasteiger partial charge in [-0.2, -0.15) is 4.31 Å². The molecule has 3 rings (SSSR count). The van der Waals surface area contributed by atoms with Gasteiger partial charge >= 0.3 is 5.97 Å². The molecule has 0 bridgehead atoms. The molecule has 2 aromatic rings. The number of anilines is 1. The van der Waals surface area contributed by atoms with Gasteiger partial charge in [0.25, 0.3) is 0 Å². The lowest BCUT2D eigenvalue weighted by atomic mass is 10.2. The zero-order valence-electron chi connectivity index (χ0n) is 17.8. The molecule has 0 radical (unpaired) electrons. The van der Waals surface area contributed by atoms with E-state index in [1.54, 1.807) is 38.1 Å². The number of aromatic nitrogens is 2. The van der Waals surface area contributed by atoms with Crippen molar-refractivity contribution in [2.45, 2.75) is 25.3 Å². The van der Waals surface area contributed by atoms with E-state index in [-0.39, 0.29) is 17.5 Å². The van der Waals surface area contributed by atoms with Crippen LogP contribution in [0.1, 0.15) is 28.5 Å². The lowest BCUT2D eigenvalue weighted by Crippen LogP contribution is -2.40. The van der Waals surface area contributed by atoms with Crippen molar-refractivity contribution in [1.82, 2.24) is 19.6 Å². The molecule has 2 N–H and O–H groups in total. The molecule has 0 aliphatic carbocycles. The third-order valence-corrected chi connectivity index (χ3v) is 6.84. The highest BCUT2D eigenvalue weighted by Gasteiger charge is 2.26. The van der Waals surface area contributed by atoms with E-state index in [2.05, 4.69) is 20.6 Å². The second kappa shape index (κ2) is 10.8. The molecular formula is C20H25N5O5S2. The monoisotopic (exact) mass is 479 g/mol. The van der Waals surface area contributed by atoms with Crippen LogP contribution in [-0.4, -0.2) is 66.7 Å². The minimum Gasteiger partial charge on any atom is -0.462 e. The molecular weight excluding hydrogens is 454 g/mol. The zero-order chi connectivity index (χ0) is 23.1. The van der Waals surface area contributed by atoms with E-state index in [0.29, 0.717) is 49.2 Å². The van der Waals surface area contributed by atoms with Crippen LogP contribution in [0.2, 0.25) is 0 Å². The van der Waals surface area contributed by atoms with E-state index in [0.717, 1.165) is 5.56 Å². The van der Waals surface area contributed by atoms with E-state index in [4.69, 9.17) is 21.7 Å². The van der Waals surface area contributed by atoms with Crippen molar-refractivity contribution in [2.24, 2.45) is 0 Å². The van der Waals surface area contributed by atoms with Crippen molar-refractivity contribution in [3.63, 3.8) is 0 Å². The fraction of sp³-hybridized carbons (Fsp3) is 0.400. The average Bonchev–Trinajstić information content (AvgIpc) is 2.79. The molecule has 32 heavy (non-hydrogen) atoms. The minimum atomic E-state index is -3.52. The van der Waals surface area contributed by atoms with Crippen LogP contribution in [0.5, 0.6) is 0 Å². The SMILES string of the molecule is CCOC(=O)c1cnc(NC(=S)NCc2ccc(S(=O)(=O)N3CCOCC3)cc2)nc1C. The number of benzene rings is 1. The van der Waals surface area contributed by atoms with Crippen molar-refractivity contribution in [1.29, 1.82) is 0 Å². The normalized spacial score (nSPS) is 14.6. The smallest absolute Gasteiger partial charge is 0.341 e. The largest absolute Gasteiger partial charge is 0.462 e. The van der Waals surface area contributed by atoms with Gasteiger partial charge in [-0.3, -0.25) is 0 Å². The van der Waals surface area contributed by atoms with Crippen LogP contribution in [0.3, 0.4) is 0 Å². The van der Waals surface area contributed by atoms with Crippen LogP contribution in [0.15, 0.2) is 35.4 Å². The summed E-state index contributed by atoms with van der Waals surface area (Å²) in [5.41, 5.74) is 1.62. The molecule has 0 amide bonds. The number of nitrogens with zero attached hydrogens (tertiary/aromatic N) is 3.